The highest BCUT2D eigenvalue weighted by Gasteiger charge is 2.28. The van der Waals surface area contributed by atoms with Crippen molar-refractivity contribution in [2.24, 2.45) is 0 Å². The molecule has 1 fully saturated rings. The third-order valence-corrected chi connectivity index (χ3v) is 2.90. The molecule has 2 N–H and O–H groups in total. The zero-order valence-electron chi connectivity index (χ0n) is 9.93. The van der Waals surface area contributed by atoms with Gasteiger partial charge in [0.25, 0.3) is 0 Å². The highest BCUT2D eigenvalue weighted by atomic mass is 19.1. The van der Waals surface area contributed by atoms with E-state index in [9.17, 15) is 9.18 Å². The van der Waals surface area contributed by atoms with Crippen LogP contribution in [0, 0.1) is 5.82 Å². The van der Waals surface area contributed by atoms with Crippen molar-refractivity contribution in [3.05, 3.63) is 30.1 Å². The number of nitrogens with one attached hydrogen (secondary N) is 1. The van der Waals surface area contributed by atoms with Gasteiger partial charge in [0.2, 0.25) is 5.91 Å². The normalized spacial score (nSPS) is 22.1. The smallest absolute Gasteiger partial charge is 0.223 e. The standard InChI is InChI=1S/C13H16FNO3/c14-11-3-1-2-4-12(11)18-6-5-13(17)15-9-7-10(16)8-9/h1-4,9-10,16H,5-8H2,(H,15,17). The molecule has 0 radical (unpaired) electrons. The Morgan fingerprint density at radius 2 is 2.17 bits per heavy atom. The van der Waals surface area contributed by atoms with Crippen molar-refractivity contribution in [1.29, 1.82) is 0 Å². The first kappa shape index (κ1) is 12.8. The molecule has 1 aromatic rings. The zero-order valence-corrected chi connectivity index (χ0v) is 9.93. The molecule has 2 rings (SSSR count). The highest BCUT2D eigenvalue weighted by molar-refractivity contribution is 5.76. The molecule has 0 bridgehead atoms. The number of aliphatic hydroxyl groups excluding tert-OH is 1. The molecule has 0 unspecified atom stereocenters. The van der Waals surface area contributed by atoms with Crippen molar-refractivity contribution in [2.75, 3.05) is 6.61 Å². The molecule has 1 saturated carbocycles. The number of carbonyl (C=O) groups excluding carboxylic acids is 1. The van der Waals surface area contributed by atoms with E-state index in [-0.39, 0.29) is 36.8 Å². The minimum absolute atomic E-state index is 0.0703. The summed E-state index contributed by atoms with van der Waals surface area (Å²) in [6, 6.07) is 6.16. The Bertz CT molecular complexity index is 418. The van der Waals surface area contributed by atoms with E-state index in [1.54, 1.807) is 12.1 Å². The number of aliphatic hydroxyl groups is 1. The van der Waals surface area contributed by atoms with E-state index in [1.165, 1.54) is 12.1 Å². The molecule has 1 amide bonds. The zero-order chi connectivity index (χ0) is 13.0. The minimum atomic E-state index is -0.431. The molecule has 1 aromatic carbocycles. The maximum atomic E-state index is 13.2. The van der Waals surface area contributed by atoms with Crippen LogP contribution in [0.25, 0.3) is 0 Å². The Balaban J connectivity index is 1.66. The van der Waals surface area contributed by atoms with Crippen molar-refractivity contribution in [3.63, 3.8) is 0 Å². The lowest BCUT2D eigenvalue weighted by atomic mass is 9.89. The molecule has 5 heteroatoms. The van der Waals surface area contributed by atoms with Gasteiger partial charge in [-0.2, -0.15) is 0 Å². The number of carbonyl (C=O) groups is 1. The molecular formula is C13H16FNO3. The number of ether oxygens (including phenoxy) is 1. The van der Waals surface area contributed by atoms with Crippen LogP contribution in [0.5, 0.6) is 5.75 Å². The highest BCUT2D eigenvalue weighted by Crippen LogP contribution is 2.19. The Morgan fingerprint density at radius 1 is 1.44 bits per heavy atom. The molecule has 98 valence electrons. The summed E-state index contributed by atoms with van der Waals surface area (Å²) in [6.45, 7) is 0.141. The van der Waals surface area contributed by atoms with E-state index in [0.717, 1.165) is 0 Å². The summed E-state index contributed by atoms with van der Waals surface area (Å²) in [5, 5.41) is 11.8. The lowest BCUT2D eigenvalue weighted by molar-refractivity contribution is -0.123. The number of amides is 1. The summed E-state index contributed by atoms with van der Waals surface area (Å²) < 4.78 is 18.4. The van der Waals surface area contributed by atoms with E-state index in [2.05, 4.69) is 5.32 Å². The SMILES string of the molecule is O=C(CCOc1ccccc1F)NC1CC(O)C1. The number of halogens is 1. The van der Waals surface area contributed by atoms with Gasteiger partial charge in [0.15, 0.2) is 11.6 Å². The largest absolute Gasteiger partial charge is 0.490 e. The van der Waals surface area contributed by atoms with Gasteiger partial charge < -0.3 is 15.2 Å². The summed E-state index contributed by atoms with van der Waals surface area (Å²) in [5.41, 5.74) is 0. The molecule has 0 spiro atoms. The van der Waals surface area contributed by atoms with Crippen molar-refractivity contribution in [2.45, 2.75) is 31.4 Å². The van der Waals surface area contributed by atoms with Crippen LogP contribution in [0.1, 0.15) is 19.3 Å². The molecule has 0 aliphatic heterocycles. The molecule has 4 nitrogen and oxygen atoms in total. The molecule has 0 heterocycles. The predicted octanol–water partition coefficient (Wildman–Crippen LogP) is 1.23. The third-order valence-electron chi connectivity index (χ3n) is 2.90. The van der Waals surface area contributed by atoms with Crippen molar-refractivity contribution in [1.82, 2.24) is 5.32 Å². The summed E-state index contributed by atoms with van der Waals surface area (Å²) in [6.07, 6.45) is 1.12. The topological polar surface area (TPSA) is 58.6 Å². The maximum Gasteiger partial charge on any atom is 0.223 e. The monoisotopic (exact) mass is 253 g/mol. The molecule has 0 atom stereocenters. The first-order valence-corrected chi connectivity index (χ1v) is 6.00. The number of para-hydroxylation sites is 1. The van der Waals surface area contributed by atoms with E-state index >= 15 is 0 Å². The second kappa shape index (κ2) is 5.82. The minimum Gasteiger partial charge on any atom is -0.490 e. The number of rotatable bonds is 5. The molecule has 0 saturated heterocycles. The molecule has 0 aromatic heterocycles. The molecular weight excluding hydrogens is 237 g/mol. The average Bonchev–Trinajstić information content (AvgIpc) is 2.30. The molecule has 18 heavy (non-hydrogen) atoms. The predicted molar refractivity (Wildman–Crippen MR) is 63.7 cm³/mol. The summed E-state index contributed by atoms with van der Waals surface area (Å²) in [7, 11) is 0. The summed E-state index contributed by atoms with van der Waals surface area (Å²) >= 11 is 0. The Labute approximate surface area is 105 Å². The van der Waals surface area contributed by atoms with Crippen LogP contribution in [-0.2, 0) is 4.79 Å². The van der Waals surface area contributed by atoms with Crippen LogP contribution in [0.3, 0.4) is 0 Å². The van der Waals surface area contributed by atoms with Gasteiger partial charge in [-0.3, -0.25) is 4.79 Å². The lowest BCUT2D eigenvalue weighted by Crippen LogP contribution is -2.46. The Morgan fingerprint density at radius 3 is 2.83 bits per heavy atom. The van der Waals surface area contributed by atoms with Crippen LogP contribution >= 0.6 is 0 Å². The van der Waals surface area contributed by atoms with Gasteiger partial charge in [-0.05, 0) is 25.0 Å². The number of benzene rings is 1. The van der Waals surface area contributed by atoms with Crippen LogP contribution in [0.2, 0.25) is 0 Å². The first-order chi connectivity index (χ1) is 8.65. The fourth-order valence-electron chi connectivity index (χ4n) is 1.82. The molecule has 1 aliphatic carbocycles. The van der Waals surface area contributed by atoms with Gasteiger partial charge in [-0.1, -0.05) is 12.1 Å². The number of hydrogen-bond acceptors (Lipinski definition) is 3. The Hall–Kier alpha value is -1.62. The van der Waals surface area contributed by atoms with Crippen LogP contribution in [-0.4, -0.2) is 29.8 Å². The summed E-state index contributed by atoms with van der Waals surface area (Å²) in [5.74, 6) is -0.410. The van der Waals surface area contributed by atoms with Crippen LogP contribution in [0.4, 0.5) is 4.39 Å². The fraction of sp³-hybridized carbons (Fsp3) is 0.462. The molecule has 1 aliphatic rings. The van der Waals surface area contributed by atoms with Gasteiger partial charge in [0.05, 0.1) is 19.1 Å². The van der Waals surface area contributed by atoms with Crippen molar-refractivity contribution >= 4 is 5.91 Å². The second-order valence-corrected chi connectivity index (χ2v) is 4.42. The van der Waals surface area contributed by atoms with Crippen molar-refractivity contribution in [3.8, 4) is 5.75 Å². The van der Waals surface area contributed by atoms with Gasteiger partial charge >= 0.3 is 0 Å². The maximum absolute atomic E-state index is 13.2. The van der Waals surface area contributed by atoms with Gasteiger partial charge in [0.1, 0.15) is 0 Å². The first-order valence-electron chi connectivity index (χ1n) is 6.00. The van der Waals surface area contributed by atoms with E-state index in [1.807, 2.05) is 0 Å². The van der Waals surface area contributed by atoms with E-state index in [4.69, 9.17) is 9.84 Å². The van der Waals surface area contributed by atoms with Gasteiger partial charge in [-0.25, -0.2) is 4.39 Å². The average molecular weight is 253 g/mol. The van der Waals surface area contributed by atoms with Gasteiger partial charge in [0, 0.05) is 6.04 Å². The van der Waals surface area contributed by atoms with Crippen molar-refractivity contribution < 1.29 is 19.0 Å². The Kier molecular flexibility index (Phi) is 4.15. The fourth-order valence-corrected chi connectivity index (χ4v) is 1.82. The van der Waals surface area contributed by atoms with Crippen LogP contribution < -0.4 is 10.1 Å². The van der Waals surface area contributed by atoms with E-state index in [0.29, 0.717) is 12.8 Å². The number of hydrogen-bond donors (Lipinski definition) is 2. The quantitative estimate of drug-likeness (QED) is 0.830. The lowest BCUT2D eigenvalue weighted by Gasteiger charge is -2.31. The van der Waals surface area contributed by atoms with Gasteiger partial charge in [-0.15, -0.1) is 0 Å². The second-order valence-electron chi connectivity index (χ2n) is 4.42. The van der Waals surface area contributed by atoms with E-state index < -0.39 is 5.82 Å². The van der Waals surface area contributed by atoms with Crippen LogP contribution in [0.15, 0.2) is 24.3 Å². The summed E-state index contributed by atoms with van der Waals surface area (Å²) in [4.78, 5) is 11.5. The third kappa shape index (κ3) is 3.43.